The van der Waals surface area contributed by atoms with Gasteiger partial charge in [-0.3, -0.25) is 9.59 Å². The summed E-state index contributed by atoms with van der Waals surface area (Å²) in [4.78, 5) is 24.2. The van der Waals surface area contributed by atoms with E-state index in [1.54, 1.807) is 12.2 Å². The van der Waals surface area contributed by atoms with Crippen LogP contribution in [0.4, 0.5) is 0 Å². The van der Waals surface area contributed by atoms with Crippen LogP contribution in [0.25, 0.3) is 0 Å². The lowest BCUT2D eigenvalue weighted by Crippen LogP contribution is -2.66. The summed E-state index contributed by atoms with van der Waals surface area (Å²) in [5.74, 6) is -0.419. The summed E-state index contributed by atoms with van der Waals surface area (Å²) in [5, 5.41) is 32.3. The van der Waals surface area contributed by atoms with Crippen molar-refractivity contribution < 1.29 is 24.9 Å². The fourth-order valence-corrected chi connectivity index (χ4v) is 6.76. The molecule has 4 rings (SSSR count). The highest BCUT2D eigenvalue weighted by molar-refractivity contribution is 6.01. The average Bonchev–Trinajstić information content (AvgIpc) is 2.84. The number of hydrogen-bond donors (Lipinski definition) is 3. The number of carbonyl (C=O) groups is 2. The Kier molecular flexibility index (Phi) is 3.73. The lowest BCUT2D eigenvalue weighted by atomic mass is 9.45. The van der Waals surface area contributed by atoms with E-state index in [-0.39, 0.29) is 29.5 Å². The van der Waals surface area contributed by atoms with Gasteiger partial charge in [0.15, 0.2) is 11.6 Å². The topological polar surface area (TPSA) is 94.8 Å². The van der Waals surface area contributed by atoms with Gasteiger partial charge in [0.1, 0.15) is 12.2 Å². The number of aliphatic hydroxyl groups is 3. The fraction of sp³-hybridized carbons (Fsp3) is 0.714. The van der Waals surface area contributed by atoms with Gasteiger partial charge in [0, 0.05) is 10.8 Å². The standard InChI is InChI=1S/C21H28O5/c1-18-7-5-14(23)11-13(18)3-4-16-15(18)6-8-19(2)20(16,25)9-10-21(19,26)17(24)12-22/h5,7,11,15-16,22,25-26H,3-4,6,8-10,12H2,1-2H3. The van der Waals surface area contributed by atoms with Crippen LogP contribution in [-0.4, -0.2) is 44.7 Å². The smallest absolute Gasteiger partial charge is 0.190 e. The van der Waals surface area contributed by atoms with Gasteiger partial charge in [-0.1, -0.05) is 25.5 Å². The molecule has 0 saturated heterocycles. The minimum atomic E-state index is -1.67. The van der Waals surface area contributed by atoms with Crippen LogP contribution >= 0.6 is 0 Å². The second-order valence-corrected chi connectivity index (χ2v) is 9.18. The Balaban J connectivity index is 1.76. The second-order valence-electron chi connectivity index (χ2n) is 9.18. The maximum atomic E-state index is 12.4. The molecule has 0 aromatic carbocycles. The molecule has 0 radical (unpaired) electrons. The van der Waals surface area contributed by atoms with E-state index in [0.717, 1.165) is 24.8 Å². The van der Waals surface area contributed by atoms with E-state index in [2.05, 4.69) is 6.92 Å². The zero-order chi connectivity index (χ0) is 19.0. The predicted molar refractivity (Wildman–Crippen MR) is 95.1 cm³/mol. The first kappa shape index (κ1) is 18.1. The highest BCUT2D eigenvalue weighted by Crippen LogP contribution is 2.68. The van der Waals surface area contributed by atoms with Crippen LogP contribution in [0.15, 0.2) is 23.8 Å². The Morgan fingerprint density at radius 3 is 2.58 bits per heavy atom. The molecule has 0 amide bonds. The first-order valence-corrected chi connectivity index (χ1v) is 9.65. The maximum Gasteiger partial charge on any atom is 0.190 e. The molecule has 5 heteroatoms. The molecule has 0 heterocycles. The van der Waals surface area contributed by atoms with Crippen molar-refractivity contribution in [3.63, 3.8) is 0 Å². The Morgan fingerprint density at radius 1 is 1.15 bits per heavy atom. The molecule has 0 aromatic heterocycles. The molecule has 26 heavy (non-hydrogen) atoms. The zero-order valence-corrected chi connectivity index (χ0v) is 15.5. The number of fused-ring (bicyclic) bond motifs is 5. The lowest BCUT2D eigenvalue weighted by molar-refractivity contribution is -0.214. The van der Waals surface area contributed by atoms with Gasteiger partial charge in [-0.25, -0.2) is 0 Å². The summed E-state index contributed by atoms with van der Waals surface area (Å²) < 4.78 is 0. The van der Waals surface area contributed by atoms with Crippen molar-refractivity contribution in [2.45, 2.75) is 63.6 Å². The Hall–Kier alpha value is -1.30. The van der Waals surface area contributed by atoms with Gasteiger partial charge in [-0.15, -0.1) is 0 Å². The minimum absolute atomic E-state index is 0.0269. The molecule has 3 N–H and O–H groups in total. The van der Waals surface area contributed by atoms with Crippen LogP contribution in [0.2, 0.25) is 0 Å². The molecule has 0 spiro atoms. The van der Waals surface area contributed by atoms with Crippen LogP contribution in [0.1, 0.15) is 52.4 Å². The third-order valence-corrected chi connectivity index (χ3v) is 8.49. The lowest BCUT2D eigenvalue weighted by Gasteiger charge is -2.61. The fourth-order valence-electron chi connectivity index (χ4n) is 6.76. The molecule has 4 aliphatic rings. The largest absolute Gasteiger partial charge is 0.389 e. The summed E-state index contributed by atoms with van der Waals surface area (Å²) in [5.41, 5.74) is -2.88. The third-order valence-electron chi connectivity index (χ3n) is 8.49. The van der Waals surface area contributed by atoms with Crippen LogP contribution in [-0.2, 0) is 9.59 Å². The summed E-state index contributed by atoms with van der Waals surface area (Å²) >= 11 is 0. The van der Waals surface area contributed by atoms with Crippen molar-refractivity contribution in [3.8, 4) is 0 Å². The number of allylic oxidation sites excluding steroid dienone is 4. The van der Waals surface area contributed by atoms with Crippen molar-refractivity contribution in [3.05, 3.63) is 23.8 Å². The zero-order valence-electron chi connectivity index (χ0n) is 15.5. The van der Waals surface area contributed by atoms with Crippen molar-refractivity contribution in [1.29, 1.82) is 0 Å². The summed E-state index contributed by atoms with van der Waals surface area (Å²) in [6.45, 7) is 3.26. The molecule has 0 bridgehead atoms. The summed E-state index contributed by atoms with van der Waals surface area (Å²) in [6.07, 6.45) is 8.72. The molecule has 3 fully saturated rings. The van der Waals surface area contributed by atoms with Crippen molar-refractivity contribution in [1.82, 2.24) is 0 Å². The van der Waals surface area contributed by atoms with Crippen LogP contribution in [0.3, 0.4) is 0 Å². The molecular weight excluding hydrogens is 332 g/mol. The highest BCUT2D eigenvalue weighted by atomic mass is 16.3. The van der Waals surface area contributed by atoms with E-state index in [9.17, 15) is 24.9 Å². The predicted octanol–water partition coefficient (Wildman–Crippen LogP) is 1.70. The van der Waals surface area contributed by atoms with E-state index >= 15 is 0 Å². The van der Waals surface area contributed by atoms with Gasteiger partial charge < -0.3 is 15.3 Å². The highest BCUT2D eigenvalue weighted by Gasteiger charge is 2.72. The first-order valence-electron chi connectivity index (χ1n) is 9.65. The number of rotatable bonds is 2. The Morgan fingerprint density at radius 2 is 1.88 bits per heavy atom. The average molecular weight is 360 g/mol. The molecule has 4 aliphatic carbocycles. The SMILES string of the molecule is CC12C=CC(=O)C=C1CCC1C2CCC2(C)C(O)(C(=O)CO)CCC12O. The second kappa shape index (κ2) is 5.37. The van der Waals surface area contributed by atoms with Crippen molar-refractivity contribution >= 4 is 11.6 Å². The van der Waals surface area contributed by atoms with E-state index in [4.69, 9.17) is 0 Å². The summed E-state index contributed by atoms with van der Waals surface area (Å²) in [7, 11) is 0. The molecule has 3 saturated carbocycles. The molecule has 0 aromatic rings. The molecule has 142 valence electrons. The van der Waals surface area contributed by atoms with Crippen LogP contribution < -0.4 is 0 Å². The number of hydrogen-bond acceptors (Lipinski definition) is 5. The van der Waals surface area contributed by atoms with Crippen LogP contribution in [0.5, 0.6) is 0 Å². The third kappa shape index (κ3) is 1.92. The van der Waals surface area contributed by atoms with Gasteiger partial charge in [-0.05, 0) is 62.5 Å². The van der Waals surface area contributed by atoms with E-state index in [1.807, 2.05) is 13.0 Å². The normalized spacial score (nSPS) is 49.9. The number of aliphatic hydroxyl groups excluding tert-OH is 1. The number of carbonyl (C=O) groups excluding carboxylic acids is 2. The van der Waals surface area contributed by atoms with Crippen LogP contribution in [0, 0.1) is 22.7 Å². The molecular formula is C21H28O5. The van der Waals surface area contributed by atoms with Gasteiger partial charge in [-0.2, -0.15) is 0 Å². The molecule has 0 aliphatic heterocycles. The Bertz CT molecular complexity index is 739. The quantitative estimate of drug-likeness (QED) is 0.697. The van der Waals surface area contributed by atoms with E-state index < -0.39 is 29.0 Å². The minimum Gasteiger partial charge on any atom is -0.389 e. The van der Waals surface area contributed by atoms with Gasteiger partial charge >= 0.3 is 0 Å². The number of Topliss-reactive ketones (excluding diaryl/α,β-unsaturated/α-hetero) is 1. The monoisotopic (exact) mass is 360 g/mol. The van der Waals surface area contributed by atoms with E-state index in [1.165, 1.54) is 0 Å². The molecule has 6 unspecified atom stereocenters. The van der Waals surface area contributed by atoms with Gasteiger partial charge in [0.05, 0.1) is 5.60 Å². The maximum absolute atomic E-state index is 12.4. The van der Waals surface area contributed by atoms with Crippen molar-refractivity contribution in [2.75, 3.05) is 6.61 Å². The first-order chi connectivity index (χ1) is 12.1. The Labute approximate surface area is 153 Å². The van der Waals surface area contributed by atoms with Crippen molar-refractivity contribution in [2.24, 2.45) is 22.7 Å². The summed E-state index contributed by atoms with van der Waals surface area (Å²) in [6, 6.07) is 0. The molecule has 5 nitrogen and oxygen atoms in total. The van der Waals surface area contributed by atoms with Gasteiger partial charge in [0.25, 0.3) is 0 Å². The molecule has 6 atom stereocenters. The van der Waals surface area contributed by atoms with Gasteiger partial charge in [0.2, 0.25) is 0 Å². The van der Waals surface area contributed by atoms with E-state index in [0.29, 0.717) is 12.8 Å². The number of ketones is 2.